The van der Waals surface area contributed by atoms with Gasteiger partial charge in [-0.2, -0.15) is 10.5 Å². The molecule has 0 saturated heterocycles. The highest BCUT2D eigenvalue weighted by molar-refractivity contribution is 6.30. The predicted molar refractivity (Wildman–Crippen MR) is 111 cm³/mol. The first-order valence-corrected chi connectivity index (χ1v) is 9.99. The molecule has 3 rings (SSSR count). The molecule has 10 heteroatoms. The Balaban J connectivity index is 1.75. The monoisotopic (exact) mass is 446 g/mol. The van der Waals surface area contributed by atoms with Crippen LogP contribution in [0.4, 0.5) is 14.6 Å². The van der Waals surface area contributed by atoms with Crippen molar-refractivity contribution in [3.63, 3.8) is 0 Å². The van der Waals surface area contributed by atoms with Gasteiger partial charge >= 0.3 is 0 Å². The fourth-order valence-electron chi connectivity index (χ4n) is 3.31. The highest BCUT2D eigenvalue weighted by Crippen LogP contribution is 2.32. The van der Waals surface area contributed by atoms with Crippen LogP contribution in [0.25, 0.3) is 0 Å². The van der Waals surface area contributed by atoms with E-state index >= 15 is 0 Å². The number of nitrogens with zero attached hydrogens (tertiary/aromatic N) is 5. The van der Waals surface area contributed by atoms with Gasteiger partial charge in [0.15, 0.2) is 5.60 Å². The summed E-state index contributed by atoms with van der Waals surface area (Å²) < 4.78 is 31.2. The zero-order valence-corrected chi connectivity index (χ0v) is 17.9. The number of nitrogens with one attached hydrogen (secondary N) is 1. The second-order valence-corrected chi connectivity index (χ2v) is 8.04. The first-order chi connectivity index (χ1) is 14.7. The molecule has 31 heavy (non-hydrogen) atoms. The molecule has 0 aliphatic carbocycles. The lowest BCUT2D eigenvalue weighted by Crippen LogP contribution is -2.36. The number of nitriles is 2. The Morgan fingerprint density at radius 1 is 1.32 bits per heavy atom. The maximum Gasteiger partial charge on any atom is 0.277 e. The van der Waals surface area contributed by atoms with E-state index in [9.17, 15) is 14.0 Å². The maximum absolute atomic E-state index is 13.0. The van der Waals surface area contributed by atoms with E-state index in [-0.39, 0.29) is 17.6 Å². The molecule has 0 radical (unpaired) electrons. The minimum absolute atomic E-state index is 0.0911. The van der Waals surface area contributed by atoms with Crippen molar-refractivity contribution in [2.75, 3.05) is 18.4 Å². The second-order valence-electron chi connectivity index (χ2n) is 7.68. The molecule has 1 aliphatic heterocycles. The summed E-state index contributed by atoms with van der Waals surface area (Å²) in [6, 6.07) is 7.49. The Kier molecular flexibility index (Phi) is 6.89. The molecular formula is C21H21ClF2N6O. The Morgan fingerprint density at radius 2 is 2.10 bits per heavy atom. The van der Waals surface area contributed by atoms with E-state index in [1.165, 1.54) is 13.8 Å². The summed E-state index contributed by atoms with van der Waals surface area (Å²) in [5.74, 6) is 0.667. The molecule has 2 aromatic heterocycles. The average molecular weight is 447 g/mol. The van der Waals surface area contributed by atoms with Crippen molar-refractivity contribution in [1.82, 2.24) is 14.9 Å². The van der Waals surface area contributed by atoms with Crippen LogP contribution < -0.4 is 10.1 Å². The first kappa shape index (κ1) is 22.7. The van der Waals surface area contributed by atoms with Gasteiger partial charge in [-0.25, -0.2) is 18.7 Å². The van der Waals surface area contributed by atoms with E-state index in [1.807, 2.05) is 6.07 Å². The molecule has 162 valence electrons. The molecule has 3 heterocycles. The van der Waals surface area contributed by atoms with Crippen molar-refractivity contribution < 1.29 is 13.5 Å². The lowest BCUT2D eigenvalue weighted by Gasteiger charge is -2.30. The van der Waals surface area contributed by atoms with E-state index in [2.05, 4.69) is 26.3 Å². The second kappa shape index (κ2) is 9.42. The summed E-state index contributed by atoms with van der Waals surface area (Å²) in [5, 5.41) is 21.4. The number of hydrogen-bond donors (Lipinski definition) is 1. The molecule has 0 unspecified atom stereocenters. The molecule has 0 atom stereocenters. The van der Waals surface area contributed by atoms with Crippen LogP contribution in [-0.2, 0) is 19.5 Å². The van der Waals surface area contributed by atoms with E-state index in [0.717, 1.165) is 16.7 Å². The predicted octanol–water partition coefficient (Wildman–Crippen LogP) is 3.92. The molecule has 0 aromatic carbocycles. The minimum Gasteiger partial charge on any atom is -0.466 e. The third-order valence-corrected chi connectivity index (χ3v) is 5.25. The van der Waals surface area contributed by atoms with Gasteiger partial charge in [-0.1, -0.05) is 17.7 Å². The van der Waals surface area contributed by atoms with Crippen molar-refractivity contribution >= 4 is 17.4 Å². The van der Waals surface area contributed by atoms with Crippen LogP contribution in [0.15, 0.2) is 18.3 Å². The van der Waals surface area contributed by atoms with Crippen LogP contribution >= 0.6 is 11.6 Å². The quantitative estimate of drug-likeness (QED) is 0.508. The zero-order chi connectivity index (χ0) is 22.6. The van der Waals surface area contributed by atoms with Gasteiger partial charge < -0.3 is 10.1 Å². The van der Waals surface area contributed by atoms with E-state index in [1.54, 1.807) is 18.3 Å². The number of pyridine rings is 2. The molecule has 0 bridgehead atoms. The van der Waals surface area contributed by atoms with E-state index < -0.39 is 12.0 Å². The van der Waals surface area contributed by atoms with Crippen LogP contribution in [0.3, 0.4) is 0 Å². The van der Waals surface area contributed by atoms with Crippen molar-refractivity contribution in [2.24, 2.45) is 0 Å². The number of aromatic nitrogens is 2. The molecule has 0 spiro atoms. The van der Waals surface area contributed by atoms with Crippen LogP contribution in [0.2, 0.25) is 5.15 Å². The first-order valence-electron chi connectivity index (χ1n) is 9.61. The van der Waals surface area contributed by atoms with Crippen molar-refractivity contribution in [1.29, 1.82) is 10.5 Å². The third kappa shape index (κ3) is 5.19. The summed E-state index contributed by atoms with van der Waals surface area (Å²) >= 11 is 6.19. The highest BCUT2D eigenvalue weighted by Gasteiger charge is 2.32. The van der Waals surface area contributed by atoms with Crippen LogP contribution in [0, 0.1) is 22.7 Å². The number of hydrogen-bond acceptors (Lipinski definition) is 7. The summed E-state index contributed by atoms with van der Waals surface area (Å²) in [6.07, 6.45) is -0.401. The number of alkyl halides is 2. The number of ether oxygens (including phenoxy) is 1. The fraction of sp³-hybridized carbons (Fsp3) is 0.429. The summed E-state index contributed by atoms with van der Waals surface area (Å²) in [7, 11) is 0. The number of fused-ring (bicyclic) bond motifs is 1. The third-order valence-electron chi connectivity index (χ3n) is 4.97. The maximum atomic E-state index is 13.0. The summed E-state index contributed by atoms with van der Waals surface area (Å²) in [6.45, 7) is 4.46. The molecule has 0 saturated carbocycles. The van der Waals surface area contributed by atoms with Crippen molar-refractivity contribution in [2.45, 2.75) is 45.4 Å². The van der Waals surface area contributed by atoms with Gasteiger partial charge in [0, 0.05) is 37.5 Å². The van der Waals surface area contributed by atoms with E-state index in [4.69, 9.17) is 21.6 Å². The number of anilines is 1. The summed E-state index contributed by atoms with van der Waals surface area (Å²) in [5.41, 5.74) is 1.28. The van der Waals surface area contributed by atoms with Crippen LogP contribution in [-0.4, -0.2) is 40.0 Å². The van der Waals surface area contributed by atoms with Gasteiger partial charge in [-0.3, -0.25) is 4.90 Å². The van der Waals surface area contributed by atoms with Gasteiger partial charge in [0.25, 0.3) is 6.43 Å². The Labute approximate surface area is 184 Å². The lowest BCUT2D eigenvalue weighted by molar-refractivity contribution is -0.0534. The fourth-order valence-corrected chi connectivity index (χ4v) is 3.55. The Hall–Kier alpha value is -3.01. The standard InChI is InChI=1S/C21H21ClF2N6O/c1-21(2,20(23)24)31-17-4-3-13(10-28-17)11-30-8-5-14-16(12-30)15(9-26)18(22)29-19(14)27-7-6-25/h3-4,10,20H,5,7-8,11-12H2,1-2H3,(H,27,29). The molecule has 7 nitrogen and oxygen atoms in total. The molecule has 1 N–H and O–H groups in total. The molecule has 1 aliphatic rings. The van der Waals surface area contributed by atoms with Gasteiger partial charge in [0.1, 0.15) is 23.6 Å². The molecular weight excluding hydrogens is 426 g/mol. The number of halogens is 3. The number of rotatable bonds is 7. The minimum atomic E-state index is -2.63. The van der Waals surface area contributed by atoms with Crippen LogP contribution in [0.1, 0.15) is 36.1 Å². The van der Waals surface area contributed by atoms with E-state index in [0.29, 0.717) is 37.4 Å². The van der Waals surface area contributed by atoms with Crippen molar-refractivity contribution in [3.05, 3.63) is 45.7 Å². The topological polar surface area (TPSA) is 97.9 Å². The molecule has 0 fully saturated rings. The largest absolute Gasteiger partial charge is 0.466 e. The van der Waals surface area contributed by atoms with Crippen molar-refractivity contribution in [3.8, 4) is 18.0 Å². The van der Waals surface area contributed by atoms with Gasteiger partial charge in [-0.05, 0) is 31.4 Å². The highest BCUT2D eigenvalue weighted by atomic mass is 35.5. The Bertz CT molecular complexity index is 1030. The average Bonchev–Trinajstić information content (AvgIpc) is 2.73. The normalized spacial score (nSPS) is 13.9. The lowest BCUT2D eigenvalue weighted by atomic mass is 9.96. The molecule has 0 amide bonds. The van der Waals surface area contributed by atoms with Gasteiger partial charge in [0.2, 0.25) is 5.88 Å². The van der Waals surface area contributed by atoms with Gasteiger partial charge in [0.05, 0.1) is 11.6 Å². The Morgan fingerprint density at radius 3 is 2.71 bits per heavy atom. The van der Waals surface area contributed by atoms with Gasteiger partial charge in [-0.15, -0.1) is 0 Å². The molecule has 2 aromatic rings. The van der Waals surface area contributed by atoms with Crippen LogP contribution in [0.5, 0.6) is 5.88 Å². The smallest absolute Gasteiger partial charge is 0.277 e. The zero-order valence-electron chi connectivity index (χ0n) is 17.1. The summed E-state index contributed by atoms with van der Waals surface area (Å²) in [4.78, 5) is 10.5. The SMILES string of the molecule is CC(C)(Oc1ccc(CN2CCc3c(NCC#N)nc(Cl)c(C#N)c3C2)cn1)C(F)F.